The number of benzene rings is 3. The van der Waals surface area contributed by atoms with Gasteiger partial charge in [-0.2, -0.15) is 0 Å². The second-order valence-corrected chi connectivity index (χ2v) is 10.5. The molecule has 0 atom stereocenters. The third-order valence-electron chi connectivity index (χ3n) is 5.41. The Morgan fingerprint density at radius 2 is 1.87 bits per heavy atom. The maximum atomic E-state index is 13.2. The molecule has 10 heteroatoms. The summed E-state index contributed by atoms with van der Waals surface area (Å²) in [7, 11) is 1.52. The molecule has 0 unspecified atom stereocenters. The molecule has 1 aliphatic heterocycles. The van der Waals surface area contributed by atoms with Gasteiger partial charge < -0.3 is 19.5 Å². The highest BCUT2D eigenvalue weighted by Crippen LogP contribution is 2.38. The monoisotopic (exact) mass is 566 g/mol. The van der Waals surface area contributed by atoms with E-state index >= 15 is 0 Å². The van der Waals surface area contributed by atoms with Crippen molar-refractivity contribution >= 4 is 69.3 Å². The summed E-state index contributed by atoms with van der Waals surface area (Å²) in [5, 5.41) is 2.80. The van der Waals surface area contributed by atoms with Crippen molar-refractivity contribution in [2.24, 2.45) is 0 Å². The fourth-order valence-corrected chi connectivity index (χ4v) is 5.42. The number of rotatable bonds is 10. The maximum absolute atomic E-state index is 13.2. The molecule has 1 aliphatic rings. The molecule has 2 amide bonds. The molecular formula is C28H26N2O5S3. The summed E-state index contributed by atoms with van der Waals surface area (Å²) in [4.78, 5) is 28.8. The SMILES string of the molecule is CCOc1ccccc1NC(=O)COc1ccc(/C=C2/SC(=S)N(c3cccc(SC)c3)C2=O)cc1OC. The number of methoxy groups -OCH3 is 1. The van der Waals surface area contributed by atoms with Crippen LogP contribution in [0.2, 0.25) is 0 Å². The van der Waals surface area contributed by atoms with Gasteiger partial charge in [0.15, 0.2) is 22.4 Å². The van der Waals surface area contributed by atoms with Crippen LogP contribution in [-0.4, -0.2) is 42.7 Å². The average molecular weight is 567 g/mol. The lowest BCUT2D eigenvalue weighted by Gasteiger charge is -2.15. The zero-order valence-electron chi connectivity index (χ0n) is 21.1. The zero-order chi connectivity index (χ0) is 27.1. The van der Waals surface area contributed by atoms with Gasteiger partial charge in [-0.05, 0) is 67.3 Å². The molecule has 3 aromatic rings. The first-order valence-corrected chi connectivity index (χ1v) is 14.1. The highest BCUT2D eigenvalue weighted by molar-refractivity contribution is 8.27. The van der Waals surface area contributed by atoms with Crippen molar-refractivity contribution in [1.29, 1.82) is 0 Å². The number of amides is 2. The molecule has 7 nitrogen and oxygen atoms in total. The number of carbonyl (C=O) groups is 2. The van der Waals surface area contributed by atoms with Gasteiger partial charge in [0.05, 0.1) is 30.0 Å². The molecule has 0 bridgehead atoms. The van der Waals surface area contributed by atoms with E-state index in [2.05, 4.69) is 5.32 Å². The Morgan fingerprint density at radius 1 is 1.05 bits per heavy atom. The Bertz CT molecular complexity index is 1390. The van der Waals surface area contributed by atoms with Gasteiger partial charge >= 0.3 is 0 Å². The van der Waals surface area contributed by atoms with Crippen LogP contribution in [0.25, 0.3) is 6.08 Å². The van der Waals surface area contributed by atoms with Crippen molar-refractivity contribution in [2.45, 2.75) is 11.8 Å². The van der Waals surface area contributed by atoms with Crippen LogP contribution >= 0.6 is 35.7 Å². The van der Waals surface area contributed by atoms with Crippen LogP contribution in [0.15, 0.2) is 76.5 Å². The van der Waals surface area contributed by atoms with Crippen LogP contribution < -0.4 is 24.4 Å². The molecular weight excluding hydrogens is 541 g/mol. The van der Waals surface area contributed by atoms with E-state index in [1.807, 2.05) is 49.6 Å². The van der Waals surface area contributed by atoms with Crippen LogP contribution in [0, 0.1) is 0 Å². The normalized spacial score (nSPS) is 14.1. The second kappa shape index (κ2) is 12.9. The summed E-state index contributed by atoms with van der Waals surface area (Å²) in [6.45, 7) is 2.15. The molecule has 0 radical (unpaired) electrons. The first kappa shape index (κ1) is 27.6. The Morgan fingerprint density at radius 3 is 2.63 bits per heavy atom. The topological polar surface area (TPSA) is 77.1 Å². The van der Waals surface area contributed by atoms with Crippen LogP contribution in [-0.2, 0) is 9.59 Å². The van der Waals surface area contributed by atoms with Gasteiger partial charge in [0.1, 0.15) is 5.75 Å². The molecule has 1 saturated heterocycles. The van der Waals surface area contributed by atoms with Crippen LogP contribution in [0.5, 0.6) is 17.2 Å². The van der Waals surface area contributed by atoms with Crippen molar-refractivity contribution in [1.82, 2.24) is 0 Å². The zero-order valence-corrected chi connectivity index (χ0v) is 23.5. The second-order valence-electron chi connectivity index (χ2n) is 7.89. The minimum atomic E-state index is -0.336. The van der Waals surface area contributed by atoms with E-state index in [0.717, 1.165) is 16.1 Å². The van der Waals surface area contributed by atoms with Gasteiger partial charge in [-0.1, -0.05) is 48.2 Å². The van der Waals surface area contributed by atoms with Crippen molar-refractivity contribution in [2.75, 3.05) is 36.8 Å². The van der Waals surface area contributed by atoms with Gasteiger partial charge in [-0.15, -0.1) is 11.8 Å². The highest BCUT2D eigenvalue weighted by Gasteiger charge is 2.33. The predicted molar refractivity (Wildman–Crippen MR) is 159 cm³/mol. The van der Waals surface area contributed by atoms with Crippen molar-refractivity contribution in [3.8, 4) is 17.2 Å². The Kier molecular flexibility index (Phi) is 9.33. The molecule has 0 spiro atoms. The summed E-state index contributed by atoms with van der Waals surface area (Å²) in [5.41, 5.74) is 2.05. The maximum Gasteiger partial charge on any atom is 0.270 e. The minimum Gasteiger partial charge on any atom is -0.493 e. The highest BCUT2D eigenvalue weighted by atomic mass is 32.2. The molecule has 0 saturated carbocycles. The lowest BCUT2D eigenvalue weighted by molar-refractivity contribution is -0.118. The minimum absolute atomic E-state index is 0.179. The lowest BCUT2D eigenvalue weighted by atomic mass is 10.2. The number of para-hydroxylation sites is 2. The first-order chi connectivity index (χ1) is 18.4. The van der Waals surface area contributed by atoms with Crippen LogP contribution in [0.4, 0.5) is 11.4 Å². The third-order valence-corrected chi connectivity index (χ3v) is 7.44. The summed E-state index contributed by atoms with van der Waals surface area (Å²) in [6.07, 6.45) is 3.75. The van der Waals surface area contributed by atoms with Crippen LogP contribution in [0.3, 0.4) is 0 Å². The number of carbonyl (C=O) groups excluding carboxylic acids is 2. The number of ether oxygens (including phenoxy) is 3. The van der Waals surface area contributed by atoms with E-state index in [0.29, 0.717) is 38.8 Å². The number of nitrogens with one attached hydrogen (secondary N) is 1. The molecule has 1 fully saturated rings. The van der Waals surface area contributed by atoms with Crippen molar-refractivity contribution in [3.05, 3.63) is 77.2 Å². The Hall–Kier alpha value is -3.47. The van der Waals surface area contributed by atoms with E-state index < -0.39 is 0 Å². The summed E-state index contributed by atoms with van der Waals surface area (Å²) >= 11 is 8.35. The Balaban J connectivity index is 1.45. The molecule has 38 heavy (non-hydrogen) atoms. The molecule has 1 heterocycles. The molecule has 0 aliphatic carbocycles. The molecule has 3 aromatic carbocycles. The quantitative estimate of drug-likeness (QED) is 0.176. The number of thiocarbonyl (C=S) groups is 1. The first-order valence-electron chi connectivity index (χ1n) is 11.7. The molecule has 0 aromatic heterocycles. The largest absolute Gasteiger partial charge is 0.493 e. The van der Waals surface area contributed by atoms with E-state index in [1.165, 1.54) is 18.9 Å². The standard InChI is InChI=1S/C28H26N2O5S3/c1-4-34-22-11-6-5-10-21(22)29-26(31)17-35-23-13-12-18(14-24(23)33-2)15-25-27(32)30(28(36)38-25)19-8-7-9-20(16-19)37-3/h5-16H,4,17H2,1-3H3,(H,29,31)/b25-15+. The third kappa shape index (κ3) is 6.50. The lowest BCUT2D eigenvalue weighted by Crippen LogP contribution is -2.27. The van der Waals surface area contributed by atoms with Gasteiger partial charge in [-0.3, -0.25) is 14.5 Å². The fraction of sp³-hybridized carbons (Fsp3) is 0.179. The van der Waals surface area contributed by atoms with Crippen molar-refractivity contribution < 1.29 is 23.8 Å². The van der Waals surface area contributed by atoms with Crippen molar-refractivity contribution in [3.63, 3.8) is 0 Å². The number of anilines is 2. The molecule has 1 N–H and O–H groups in total. The summed E-state index contributed by atoms with van der Waals surface area (Å²) in [5.74, 6) is 0.912. The van der Waals surface area contributed by atoms with Gasteiger partial charge in [0.2, 0.25) is 0 Å². The number of hydrogen-bond acceptors (Lipinski definition) is 8. The van der Waals surface area contributed by atoms with Gasteiger partial charge in [0.25, 0.3) is 11.8 Å². The summed E-state index contributed by atoms with van der Waals surface area (Å²) in [6, 6.07) is 20.2. The summed E-state index contributed by atoms with van der Waals surface area (Å²) < 4.78 is 17.2. The number of thioether (sulfide) groups is 2. The Labute approximate surface area is 235 Å². The van der Waals surface area contributed by atoms with E-state index in [-0.39, 0.29) is 18.4 Å². The number of hydrogen-bond donors (Lipinski definition) is 1. The van der Waals surface area contributed by atoms with Gasteiger partial charge in [-0.25, -0.2) is 0 Å². The van der Waals surface area contributed by atoms with Crippen LogP contribution in [0.1, 0.15) is 12.5 Å². The van der Waals surface area contributed by atoms with Gasteiger partial charge in [0, 0.05) is 4.90 Å². The van der Waals surface area contributed by atoms with E-state index in [1.54, 1.807) is 53.1 Å². The van der Waals surface area contributed by atoms with E-state index in [9.17, 15) is 9.59 Å². The smallest absolute Gasteiger partial charge is 0.270 e. The molecule has 196 valence electrons. The number of nitrogens with zero attached hydrogens (tertiary/aromatic N) is 1. The fourth-order valence-electron chi connectivity index (χ4n) is 3.67. The van der Waals surface area contributed by atoms with E-state index in [4.69, 9.17) is 26.4 Å². The molecule has 4 rings (SSSR count). The average Bonchev–Trinajstić information content (AvgIpc) is 3.21. The predicted octanol–water partition coefficient (Wildman–Crippen LogP) is 6.24.